The summed E-state index contributed by atoms with van der Waals surface area (Å²) in [5, 5.41) is 0. The molecule has 0 aliphatic heterocycles. The summed E-state index contributed by atoms with van der Waals surface area (Å²) < 4.78 is 23.2. The molecule has 3 nitrogen and oxygen atoms in total. The molecule has 0 aromatic heterocycles. The third-order valence-corrected chi connectivity index (χ3v) is 2.45. The number of methoxy groups -OCH3 is 2. The highest BCUT2D eigenvalue weighted by Crippen LogP contribution is 2.27. The SMILES string of the molecule is COCCCC(N)c1cc(F)ccc1OC. The van der Waals surface area contributed by atoms with Crippen molar-refractivity contribution in [3.05, 3.63) is 29.6 Å². The smallest absolute Gasteiger partial charge is 0.123 e. The minimum atomic E-state index is -0.294. The van der Waals surface area contributed by atoms with E-state index in [1.807, 2.05) is 0 Å². The van der Waals surface area contributed by atoms with Crippen LogP contribution < -0.4 is 10.5 Å². The molecule has 1 unspecified atom stereocenters. The predicted octanol–water partition coefficient (Wildman–Crippen LogP) is 2.26. The Morgan fingerprint density at radius 2 is 2.12 bits per heavy atom. The minimum Gasteiger partial charge on any atom is -0.496 e. The first-order chi connectivity index (χ1) is 7.69. The summed E-state index contributed by atoms with van der Waals surface area (Å²) in [5.74, 6) is 0.337. The van der Waals surface area contributed by atoms with Crippen LogP contribution in [0.5, 0.6) is 5.75 Å². The van der Waals surface area contributed by atoms with Crippen LogP contribution in [0.15, 0.2) is 18.2 Å². The first-order valence-corrected chi connectivity index (χ1v) is 5.27. The fourth-order valence-corrected chi connectivity index (χ4v) is 1.60. The van der Waals surface area contributed by atoms with Crippen LogP contribution in [0.2, 0.25) is 0 Å². The largest absolute Gasteiger partial charge is 0.496 e. The second-order valence-corrected chi connectivity index (χ2v) is 3.63. The second kappa shape index (κ2) is 6.45. The van der Waals surface area contributed by atoms with Gasteiger partial charge in [-0.15, -0.1) is 0 Å². The van der Waals surface area contributed by atoms with Crippen LogP contribution in [0.4, 0.5) is 4.39 Å². The van der Waals surface area contributed by atoms with Crippen molar-refractivity contribution < 1.29 is 13.9 Å². The van der Waals surface area contributed by atoms with Crippen LogP contribution in [-0.4, -0.2) is 20.8 Å². The van der Waals surface area contributed by atoms with Crippen molar-refractivity contribution in [2.45, 2.75) is 18.9 Å². The highest BCUT2D eigenvalue weighted by molar-refractivity contribution is 5.36. The van der Waals surface area contributed by atoms with Gasteiger partial charge in [0, 0.05) is 25.3 Å². The minimum absolute atomic E-state index is 0.221. The third kappa shape index (κ3) is 3.47. The van der Waals surface area contributed by atoms with E-state index in [-0.39, 0.29) is 11.9 Å². The first-order valence-electron chi connectivity index (χ1n) is 5.27. The molecule has 0 heterocycles. The zero-order valence-corrected chi connectivity index (χ0v) is 9.70. The van der Waals surface area contributed by atoms with Gasteiger partial charge in [-0.2, -0.15) is 0 Å². The van der Waals surface area contributed by atoms with Gasteiger partial charge >= 0.3 is 0 Å². The number of ether oxygens (including phenoxy) is 2. The Bertz CT molecular complexity index is 331. The lowest BCUT2D eigenvalue weighted by molar-refractivity contribution is 0.190. The molecule has 1 atom stereocenters. The van der Waals surface area contributed by atoms with Crippen molar-refractivity contribution in [2.75, 3.05) is 20.8 Å². The van der Waals surface area contributed by atoms with E-state index < -0.39 is 0 Å². The third-order valence-electron chi connectivity index (χ3n) is 2.45. The predicted molar refractivity (Wildman–Crippen MR) is 61.0 cm³/mol. The Balaban J connectivity index is 2.72. The van der Waals surface area contributed by atoms with Crippen molar-refractivity contribution >= 4 is 0 Å². The Morgan fingerprint density at radius 3 is 2.75 bits per heavy atom. The fraction of sp³-hybridized carbons (Fsp3) is 0.500. The Kier molecular flexibility index (Phi) is 5.22. The van der Waals surface area contributed by atoms with Crippen molar-refractivity contribution in [3.63, 3.8) is 0 Å². The molecule has 1 aromatic rings. The van der Waals surface area contributed by atoms with Gasteiger partial charge < -0.3 is 15.2 Å². The summed E-state index contributed by atoms with van der Waals surface area (Å²) in [6.07, 6.45) is 1.59. The lowest BCUT2D eigenvalue weighted by Crippen LogP contribution is -2.12. The van der Waals surface area contributed by atoms with Gasteiger partial charge in [0.1, 0.15) is 11.6 Å². The topological polar surface area (TPSA) is 44.5 Å². The van der Waals surface area contributed by atoms with Gasteiger partial charge in [0.2, 0.25) is 0 Å². The summed E-state index contributed by atoms with van der Waals surface area (Å²) in [6.45, 7) is 0.658. The summed E-state index contributed by atoms with van der Waals surface area (Å²) in [5.41, 5.74) is 6.69. The average Bonchev–Trinajstić information content (AvgIpc) is 2.29. The molecule has 4 heteroatoms. The molecule has 0 aliphatic rings. The quantitative estimate of drug-likeness (QED) is 0.758. The van der Waals surface area contributed by atoms with Crippen LogP contribution in [-0.2, 0) is 4.74 Å². The zero-order chi connectivity index (χ0) is 12.0. The first kappa shape index (κ1) is 12.9. The standard InChI is InChI=1S/C12H18FNO2/c1-15-7-3-4-11(14)10-8-9(13)5-6-12(10)16-2/h5-6,8,11H,3-4,7,14H2,1-2H3. The molecule has 0 amide bonds. The molecule has 16 heavy (non-hydrogen) atoms. The molecule has 2 N–H and O–H groups in total. The number of hydrogen-bond acceptors (Lipinski definition) is 3. The van der Waals surface area contributed by atoms with Gasteiger partial charge in [0.25, 0.3) is 0 Å². The molecule has 90 valence electrons. The number of rotatable bonds is 6. The van der Waals surface area contributed by atoms with Crippen molar-refractivity contribution in [2.24, 2.45) is 5.73 Å². The zero-order valence-electron chi connectivity index (χ0n) is 9.70. The van der Waals surface area contributed by atoms with E-state index in [4.69, 9.17) is 15.2 Å². The molecule has 1 aromatic carbocycles. The van der Waals surface area contributed by atoms with E-state index in [1.54, 1.807) is 20.3 Å². The molecule has 1 rings (SSSR count). The van der Waals surface area contributed by atoms with Gasteiger partial charge in [-0.3, -0.25) is 0 Å². The maximum atomic E-state index is 13.1. The molecular formula is C12H18FNO2. The molecule has 0 fully saturated rings. The highest BCUT2D eigenvalue weighted by atomic mass is 19.1. The van der Waals surface area contributed by atoms with Crippen LogP contribution in [0.3, 0.4) is 0 Å². The van der Waals surface area contributed by atoms with Crippen molar-refractivity contribution in [1.29, 1.82) is 0 Å². The number of hydrogen-bond donors (Lipinski definition) is 1. The molecule has 0 saturated carbocycles. The molecule has 0 bridgehead atoms. The summed E-state index contributed by atoms with van der Waals surface area (Å²) in [6, 6.07) is 4.17. The van der Waals surface area contributed by atoms with Gasteiger partial charge in [0.15, 0.2) is 0 Å². The van der Waals surface area contributed by atoms with Gasteiger partial charge in [-0.05, 0) is 31.0 Å². The van der Waals surface area contributed by atoms with E-state index in [0.29, 0.717) is 17.9 Å². The van der Waals surface area contributed by atoms with Gasteiger partial charge in [0.05, 0.1) is 7.11 Å². The van der Waals surface area contributed by atoms with E-state index in [1.165, 1.54) is 12.1 Å². The van der Waals surface area contributed by atoms with Gasteiger partial charge in [-0.1, -0.05) is 0 Å². The molecular weight excluding hydrogens is 209 g/mol. The number of halogens is 1. The van der Waals surface area contributed by atoms with Crippen LogP contribution in [0.25, 0.3) is 0 Å². The van der Waals surface area contributed by atoms with Crippen LogP contribution >= 0.6 is 0 Å². The fourth-order valence-electron chi connectivity index (χ4n) is 1.60. The van der Waals surface area contributed by atoms with Crippen LogP contribution in [0.1, 0.15) is 24.4 Å². The Labute approximate surface area is 95.4 Å². The van der Waals surface area contributed by atoms with E-state index in [9.17, 15) is 4.39 Å². The summed E-state index contributed by atoms with van der Waals surface area (Å²) in [4.78, 5) is 0. The second-order valence-electron chi connectivity index (χ2n) is 3.63. The molecule has 0 radical (unpaired) electrons. The molecule has 0 aliphatic carbocycles. The van der Waals surface area contributed by atoms with E-state index in [2.05, 4.69) is 0 Å². The molecule has 0 saturated heterocycles. The maximum Gasteiger partial charge on any atom is 0.123 e. The lowest BCUT2D eigenvalue weighted by atomic mass is 10.0. The van der Waals surface area contributed by atoms with Gasteiger partial charge in [-0.25, -0.2) is 4.39 Å². The van der Waals surface area contributed by atoms with E-state index in [0.717, 1.165) is 12.8 Å². The van der Waals surface area contributed by atoms with E-state index >= 15 is 0 Å². The molecule has 0 spiro atoms. The Hall–Kier alpha value is -1.13. The lowest BCUT2D eigenvalue weighted by Gasteiger charge is -2.15. The Morgan fingerprint density at radius 1 is 1.38 bits per heavy atom. The summed E-state index contributed by atoms with van der Waals surface area (Å²) >= 11 is 0. The number of nitrogens with two attached hydrogens (primary N) is 1. The highest BCUT2D eigenvalue weighted by Gasteiger charge is 2.12. The monoisotopic (exact) mass is 227 g/mol. The average molecular weight is 227 g/mol. The maximum absolute atomic E-state index is 13.1. The van der Waals surface area contributed by atoms with Crippen molar-refractivity contribution in [3.8, 4) is 5.75 Å². The number of benzene rings is 1. The van der Waals surface area contributed by atoms with Crippen LogP contribution in [0, 0.1) is 5.82 Å². The normalized spacial score (nSPS) is 12.5. The summed E-state index contributed by atoms with van der Waals surface area (Å²) in [7, 11) is 3.20. The van der Waals surface area contributed by atoms with Crippen molar-refractivity contribution in [1.82, 2.24) is 0 Å².